The van der Waals surface area contributed by atoms with Gasteiger partial charge in [-0.3, -0.25) is 0 Å². The first kappa shape index (κ1) is 26.9. The van der Waals surface area contributed by atoms with Crippen LogP contribution in [0.3, 0.4) is 0 Å². The van der Waals surface area contributed by atoms with Gasteiger partial charge >= 0.3 is 11.9 Å². The maximum Gasteiger partial charge on any atom is 0.376 e. The van der Waals surface area contributed by atoms with E-state index in [1.807, 2.05) is 0 Å². The molecule has 0 aromatic heterocycles. The Kier molecular flexibility index (Phi) is 10.3. The number of esters is 1. The van der Waals surface area contributed by atoms with Crippen LogP contribution in [0.2, 0.25) is 0 Å². The van der Waals surface area contributed by atoms with E-state index < -0.39 is 11.9 Å². The predicted molar refractivity (Wildman–Crippen MR) is 136 cm³/mol. The number of halogens is 2. The quantitative estimate of drug-likeness (QED) is 0.288. The normalized spacial score (nSPS) is 17.9. The number of carbonyl (C=O) groups is 1. The second-order valence-corrected chi connectivity index (χ2v) is 10.8. The van der Waals surface area contributed by atoms with Crippen molar-refractivity contribution in [2.24, 2.45) is 11.8 Å². The molecule has 1 saturated carbocycles. The van der Waals surface area contributed by atoms with Crippen molar-refractivity contribution >= 4 is 16.9 Å². The van der Waals surface area contributed by atoms with E-state index in [4.69, 9.17) is 5.11 Å². The summed E-state index contributed by atoms with van der Waals surface area (Å²) in [5.41, 5.74) is 0. The van der Waals surface area contributed by atoms with Crippen molar-refractivity contribution in [3.63, 3.8) is 0 Å². The van der Waals surface area contributed by atoms with Gasteiger partial charge in [0.2, 0.25) is 0 Å². The Morgan fingerprint density at radius 2 is 1.17 bits per heavy atom. The van der Waals surface area contributed by atoms with Gasteiger partial charge in [0, 0.05) is 13.5 Å². The van der Waals surface area contributed by atoms with Gasteiger partial charge in [0.15, 0.2) is 14.7 Å². The molecule has 0 heterocycles. The Morgan fingerprint density at radius 1 is 0.800 bits per heavy atom. The molecule has 0 unspecified atom stereocenters. The molecule has 0 bridgehead atoms. The minimum atomic E-state index is -3.40. The van der Waals surface area contributed by atoms with E-state index in [-0.39, 0.29) is 30.0 Å². The number of carbonyl (C=O) groups excluding carboxylic acids is 1. The first-order chi connectivity index (χ1) is 16.9. The van der Waals surface area contributed by atoms with E-state index in [0.29, 0.717) is 12.8 Å². The van der Waals surface area contributed by atoms with Crippen molar-refractivity contribution in [1.29, 1.82) is 0 Å². The van der Waals surface area contributed by atoms with Crippen molar-refractivity contribution in [3.8, 4) is 0 Å². The summed E-state index contributed by atoms with van der Waals surface area (Å²) in [4.78, 5) is 14.9. The number of ether oxygens (including phenoxy) is 1. The average Bonchev–Trinajstić information content (AvgIpc) is 2.89. The highest BCUT2D eigenvalue weighted by molar-refractivity contribution is 7.97. The molecule has 3 nitrogen and oxygen atoms in total. The van der Waals surface area contributed by atoms with Crippen molar-refractivity contribution in [1.82, 2.24) is 0 Å². The van der Waals surface area contributed by atoms with Gasteiger partial charge in [0.25, 0.3) is 0 Å². The van der Waals surface area contributed by atoms with E-state index in [0.717, 1.165) is 25.7 Å². The second kappa shape index (κ2) is 13.4. The van der Waals surface area contributed by atoms with Crippen LogP contribution < -0.4 is 0 Å². The second-order valence-electron chi connectivity index (χ2n) is 8.80. The van der Waals surface area contributed by atoms with Gasteiger partial charge in [0.1, 0.15) is 0 Å². The van der Waals surface area contributed by atoms with Crippen LogP contribution in [-0.2, 0) is 20.4 Å². The molecule has 1 N–H and O–H groups in total. The molecule has 3 aromatic carbocycles. The van der Waals surface area contributed by atoms with Crippen LogP contribution in [-0.4, -0.2) is 30.2 Å². The molecular formula is C29H33F2O3S+. The lowest BCUT2D eigenvalue weighted by molar-refractivity contribution is -0.171. The molecule has 1 aliphatic rings. The number of aliphatic hydroxyl groups excluding tert-OH is 1. The third kappa shape index (κ3) is 8.48. The smallest absolute Gasteiger partial charge is 0.376 e. The fourth-order valence-electron chi connectivity index (χ4n) is 3.98. The zero-order chi connectivity index (χ0) is 25.1. The van der Waals surface area contributed by atoms with Crippen molar-refractivity contribution in [2.75, 3.05) is 13.2 Å². The standard InChI is InChI=1S/C18H15S.C11H18F2O3/c1-4-10-16(11-5-1)19(17-12-6-2-7-13-17)18-14-8-3-9-15-18;1-11(12,13)10(15)16-7-9-4-2-8(6-14)3-5-9/h1-15H;8-9,14H,2-7H2,1H3/q+1;. The van der Waals surface area contributed by atoms with E-state index >= 15 is 0 Å². The largest absolute Gasteiger partial charge is 0.461 e. The first-order valence-corrected chi connectivity index (χ1v) is 13.2. The van der Waals surface area contributed by atoms with E-state index in [1.54, 1.807) is 0 Å². The molecule has 0 aliphatic heterocycles. The highest BCUT2D eigenvalue weighted by atomic mass is 32.2. The molecule has 186 valence electrons. The maximum absolute atomic E-state index is 12.5. The van der Waals surface area contributed by atoms with E-state index in [9.17, 15) is 13.6 Å². The third-order valence-electron chi connectivity index (χ3n) is 5.97. The summed E-state index contributed by atoms with van der Waals surface area (Å²) < 4.78 is 29.5. The molecule has 0 saturated heterocycles. The lowest BCUT2D eigenvalue weighted by atomic mass is 9.83. The Morgan fingerprint density at radius 3 is 1.51 bits per heavy atom. The van der Waals surface area contributed by atoms with Gasteiger partial charge in [-0.05, 0) is 73.9 Å². The van der Waals surface area contributed by atoms with Crippen LogP contribution in [0.1, 0.15) is 32.6 Å². The topological polar surface area (TPSA) is 46.5 Å². The summed E-state index contributed by atoms with van der Waals surface area (Å²) in [6.45, 7) is 0.790. The molecular weight excluding hydrogens is 466 g/mol. The fourth-order valence-corrected chi connectivity index (χ4v) is 6.08. The average molecular weight is 500 g/mol. The minimum Gasteiger partial charge on any atom is -0.461 e. The van der Waals surface area contributed by atoms with Gasteiger partial charge in [-0.2, -0.15) is 8.78 Å². The number of hydrogen-bond donors (Lipinski definition) is 1. The lowest BCUT2D eigenvalue weighted by Gasteiger charge is -2.27. The summed E-state index contributed by atoms with van der Waals surface area (Å²) in [5, 5.41) is 8.92. The number of aliphatic hydroxyl groups is 1. The highest BCUT2D eigenvalue weighted by Crippen LogP contribution is 2.31. The summed E-state index contributed by atoms with van der Waals surface area (Å²) in [7, 11) is -0.0146. The van der Waals surface area contributed by atoms with Crippen molar-refractivity contribution in [3.05, 3.63) is 91.0 Å². The Bertz CT molecular complexity index is 908. The van der Waals surface area contributed by atoms with Gasteiger partial charge in [-0.25, -0.2) is 4.79 Å². The molecule has 35 heavy (non-hydrogen) atoms. The highest BCUT2D eigenvalue weighted by Gasteiger charge is 2.35. The minimum absolute atomic E-state index is 0.0146. The Hall–Kier alpha value is -2.70. The zero-order valence-corrected chi connectivity index (χ0v) is 20.8. The lowest BCUT2D eigenvalue weighted by Crippen LogP contribution is -2.30. The van der Waals surface area contributed by atoms with E-state index in [2.05, 4.69) is 95.7 Å². The molecule has 3 aromatic rings. The summed E-state index contributed by atoms with van der Waals surface area (Å²) in [6.07, 6.45) is 3.41. The molecule has 4 rings (SSSR count). The third-order valence-corrected chi connectivity index (χ3v) is 8.20. The van der Waals surface area contributed by atoms with Gasteiger partial charge < -0.3 is 9.84 Å². The van der Waals surface area contributed by atoms with Crippen LogP contribution in [0.15, 0.2) is 106 Å². The fraction of sp³-hybridized carbons (Fsp3) is 0.345. The van der Waals surface area contributed by atoms with Crippen molar-refractivity contribution in [2.45, 2.75) is 53.2 Å². The Balaban J connectivity index is 0.000000199. The van der Waals surface area contributed by atoms with Gasteiger partial charge in [-0.15, -0.1) is 0 Å². The monoisotopic (exact) mass is 499 g/mol. The van der Waals surface area contributed by atoms with Gasteiger partial charge in [-0.1, -0.05) is 54.6 Å². The van der Waals surface area contributed by atoms with Gasteiger partial charge in [0.05, 0.1) is 17.5 Å². The van der Waals surface area contributed by atoms with Crippen LogP contribution in [0, 0.1) is 11.8 Å². The maximum atomic E-state index is 12.5. The molecule has 1 aliphatic carbocycles. The number of rotatable bonds is 7. The number of benzene rings is 3. The van der Waals surface area contributed by atoms with Crippen LogP contribution in [0.4, 0.5) is 8.78 Å². The molecule has 0 radical (unpaired) electrons. The molecule has 0 atom stereocenters. The molecule has 0 spiro atoms. The number of hydrogen-bond acceptors (Lipinski definition) is 3. The number of alkyl halides is 2. The Labute approximate surface area is 209 Å². The summed E-state index contributed by atoms with van der Waals surface area (Å²) in [5.74, 6) is -4.37. The molecule has 1 fully saturated rings. The van der Waals surface area contributed by atoms with E-state index in [1.165, 1.54) is 14.7 Å². The van der Waals surface area contributed by atoms with Crippen LogP contribution in [0.5, 0.6) is 0 Å². The summed E-state index contributed by atoms with van der Waals surface area (Å²) in [6, 6.07) is 32.2. The van der Waals surface area contributed by atoms with Crippen LogP contribution in [0.25, 0.3) is 0 Å². The van der Waals surface area contributed by atoms with Crippen LogP contribution >= 0.6 is 0 Å². The molecule has 6 heteroatoms. The first-order valence-electron chi connectivity index (χ1n) is 11.9. The predicted octanol–water partition coefficient (Wildman–Crippen LogP) is 6.77. The summed E-state index contributed by atoms with van der Waals surface area (Å²) >= 11 is 0. The zero-order valence-electron chi connectivity index (χ0n) is 20.0. The molecule has 0 amide bonds. The SMILES string of the molecule is CC(F)(F)C(=O)OCC1CCC(CO)CC1.c1ccc([S+](c2ccccc2)c2ccccc2)cc1. The van der Waals surface area contributed by atoms with Crippen molar-refractivity contribution < 1.29 is 23.4 Å².